The van der Waals surface area contributed by atoms with Gasteiger partial charge >= 0.3 is 0 Å². The molecule has 2 unspecified atom stereocenters. The van der Waals surface area contributed by atoms with Gasteiger partial charge in [0.2, 0.25) is 0 Å². The SMILES string of the molecule is Cc1ccc(C)c(SCC2CCC(C(=O)NN)O2)c1. The summed E-state index contributed by atoms with van der Waals surface area (Å²) in [6, 6.07) is 6.45. The summed E-state index contributed by atoms with van der Waals surface area (Å²) in [5.74, 6) is 5.76. The Balaban J connectivity index is 1.87. The van der Waals surface area contributed by atoms with Crippen LogP contribution in [0.15, 0.2) is 23.1 Å². The smallest absolute Gasteiger partial charge is 0.263 e. The third-order valence-corrected chi connectivity index (χ3v) is 4.60. The second-order valence-corrected chi connectivity index (χ2v) is 5.97. The second-order valence-electron chi connectivity index (χ2n) is 4.91. The van der Waals surface area contributed by atoms with Gasteiger partial charge in [-0.2, -0.15) is 0 Å². The minimum Gasteiger partial charge on any atom is -0.364 e. The topological polar surface area (TPSA) is 64.4 Å². The van der Waals surface area contributed by atoms with Crippen LogP contribution in [0.5, 0.6) is 0 Å². The summed E-state index contributed by atoms with van der Waals surface area (Å²) >= 11 is 1.79. The molecule has 1 fully saturated rings. The number of ether oxygens (including phenoxy) is 1. The summed E-state index contributed by atoms with van der Waals surface area (Å²) in [5, 5.41) is 0. The quantitative estimate of drug-likeness (QED) is 0.383. The van der Waals surface area contributed by atoms with Crippen LogP contribution in [0.25, 0.3) is 0 Å². The molecule has 0 aromatic heterocycles. The average molecular weight is 280 g/mol. The maximum absolute atomic E-state index is 11.4. The van der Waals surface area contributed by atoms with Crippen molar-refractivity contribution in [1.82, 2.24) is 5.43 Å². The van der Waals surface area contributed by atoms with Crippen molar-refractivity contribution in [3.63, 3.8) is 0 Å². The van der Waals surface area contributed by atoms with Crippen molar-refractivity contribution >= 4 is 17.7 Å². The van der Waals surface area contributed by atoms with E-state index in [0.717, 1.165) is 18.6 Å². The Hall–Kier alpha value is -1.04. The number of benzene rings is 1. The molecule has 4 nitrogen and oxygen atoms in total. The molecule has 1 aromatic carbocycles. The number of rotatable bonds is 4. The Morgan fingerprint density at radius 2 is 2.26 bits per heavy atom. The number of hydrogen-bond donors (Lipinski definition) is 2. The summed E-state index contributed by atoms with van der Waals surface area (Å²) in [6.07, 6.45) is 1.42. The molecule has 2 atom stereocenters. The molecule has 19 heavy (non-hydrogen) atoms. The lowest BCUT2D eigenvalue weighted by Crippen LogP contribution is -2.39. The summed E-state index contributed by atoms with van der Waals surface area (Å²) in [5.41, 5.74) is 4.69. The molecule has 1 aliphatic heterocycles. The molecule has 1 aliphatic rings. The first-order chi connectivity index (χ1) is 9.10. The van der Waals surface area contributed by atoms with Gasteiger partial charge in [0, 0.05) is 10.6 Å². The Bertz CT molecular complexity index is 465. The van der Waals surface area contributed by atoms with Gasteiger partial charge in [-0.05, 0) is 38.3 Å². The predicted molar refractivity (Wildman–Crippen MR) is 76.9 cm³/mol. The number of hydrazine groups is 1. The van der Waals surface area contributed by atoms with Crippen molar-refractivity contribution in [2.75, 3.05) is 5.75 Å². The van der Waals surface area contributed by atoms with Crippen molar-refractivity contribution in [2.45, 2.75) is 43.8 Å². The number of aryl methyl sites for hydroxylation is 2. The van der Waals surface area contributed by atoms with Crippen LogP contribution in [0.3, 0.4) is 0 Å². The van der Waals surface area contributed by atoms with Crippen molar-refractivity contribution in [1.29, 1.82) is 0 Å². The molecule has 3 N–H and O–H groups in total. The van der Waals surface area contributed by atoms with Crippen molar-refractivity contribution in [3.05, 3.63) is 29.3 Å². The van der Waals surface area contributed by atoms with Gasteiger partial charge in [-0.15, -0.1) is 11.8 Å². The van der Waals surface area contributed by atoms with Crippen LogP contribution in [0.2, 0.25) is 0 Å². The van der Waals surface area contributed by atoms with Crippen molar-refractivity contribution < 1.29 is 9.53 Å². The molecule has 5 heteroatoms. The monoisotopic (exact) mass is 280 g/mol. The standard InChI is InChI=1S/C14H20N2O2S/c1-9-3-4-10(2)13(7-9)19-8-11-5-6-12(18-11)14(17)16-15/h3-4,7,11-12H,5-6,8,15H2,1-2H3,(H,16,17). The predicted octanol–water partition coefficient (Wildman–Crippen LogP) is 1.93. The zero-order chi connectivity index (χ0) is 13.8. The van der Waals surface area contributed by atoms with Crippen LogP contribution in [0.1, 0.15) is 24.0 Å². The minimum absolute atomic E-state index is 0.132. The Kier molecular flexibility index (Phi) is 4.85. The van der Waals surface area contributed by atoms with Crippen LogP contribution < -0.4 is 11.3 Å². The van der Waals surface area contributed by atoms with Crippen LogP contribution in [-0.4, -0.2) is 23.9 Å². The van der Waals surface area contributed by atoms with Gasteiger partial charge < -0.3 is 4.74 Å². The molecule has 0 bridgehead atoms. The van der Waals surface area contributed by atoms with E-state index in [4.69, 9.17) is 10.6 Å². The van der Waals surface area contributed by atoms with E-state index in [-0.39, 0.29) is 18.1 Å². The maximum Gasteiger partial charge on any atom is 0.263 e. The van der Waals surface area contributed by atoms with E-state index < -0.39 is 0 Å². The molecular formula is C14H20N2O2S. The molecule has 1 aromatic rings. The summed E-state index contributed by atoms with van der Waals surface area (Å²) < 4.78 is 5.69. The van der Waals surface area contributed by atoms with Crippen LogP contribution in [0.4, 0.5) is 0 Å². The third-order valence-electron chi connectivity index (χ3n) is 3.31. The first kappa shape index (κ1) is 14.4. The lowest BCUT2D eigenvalue weighted by atomic mass is 10.2. The van der Waals surface area contributed by atoms with Gasteiger partial charge in [0.15, 0.2) is 0 Å². The largest absolute Gasteiger partial charge is 0.364 e. The number of carbonyl (C=O) groups is 1. The number of amides is 1. The fourth-order valence-electron chi connectivity index (χ4n) is 2.16. The fraction of sp³-hybridized carbons (Fsp3) is 0.500. The molecule has 1 amide bonds. The first-order valence-corrected chi connectivity index (χ1v) is 7.44. The van der Waals surface area contributed by atoms with Crippen LogP contribution >= 0.6 is 11.8 Å². The highest BCUT2D eigenvalue weighted by molar-refractivity contribution is 7.99. The van der Waals surface area contributed by atoms with E-state index >= 15 is 0 Å². The van der Waals surface area contributed by atoms with E-state index in [1.807, 2.05) is 0 Å². The molecule has 0 aliphatic carbocycles. The Morgan fingerprint density at radius 3 is 3.00 bits per heavy atom. The summed E-state index contributed by atoms with van der Waals surface area (Å²) in [4.78, 5) is 12.7. The highest BCUT2D eigenvalue weighted by atomic mass is 32.2. The maximum atomic E-state index is 11.4. The number of carbonyl (C=O) groups excluding carboxylic acids is 1. The minimum atomic E-state index is -0.380. The van der Waals surface area contributed by atoms with E-state index in [1.54, 1.807) is 11.8 Å². The van der Waals surface area contributed by atoms with Crippen molar-refractivity contribution in [2.24, 2.45) is 5.84 Å². The highest BCUT2D eigenvalue weighted by Gasteiger charge is 2.30. The van der Waals surface area contributed by atoms with E-state index in [0.29, 0.717) is 0 Å². The second kappa shape index (κ2) is 6.41. The van der Waals surface area contributed by atoms with Gasteiger partial charge in [0.1, 0.15) is 6.10 Å². The van der Waals surface area contributed by atoms with E-state index in [2.05, 4.69) is 37.5 Å². The Labute approximate surface area is 118 Å². The van der Waals surface area contributed by atoms with Crippen LogP contribution in [0, 0.1) is 13.8 Å². The van der Waals surface area contributed by atoms with Gasteiger partial charge in [0.25, 0.3) is 5.91 Å². The summed E-state index contributed by atoms with van der Waals surface area (Å²) in [6.45, 7) is 4.21. The first-order valence-electron chi connectivity index (χ1n) is 6.46. The molecule has 2 rings (SSSR count). The van der Waals surface area contributed by atoms with Gasteiger partial charge in [-0.3, -0.25) is 10.2 Å². The Morgan fingerprint density at radius 1 is 1.47 bits per heavy atom. The molecule has 1 saturated heterocycles. The number of nitrogens with two attached hydrogens (primary N) is 1. The fourth-order valence-corrected chi connectivity index (χ4v) is 3.34. The number of nitrogens with one attached hydrogen (secondary N) is 1. The number of thioether (sulfide) groups is 1. The van der Waals surface area contributed by atoms with Crippen molar-refractivity contribution in [3.8, 4) is 0 Å². The molecule has 0 spiro atoms. The average Bonchev–Trinajstić information content (AvgIpc) is 2.88. The zero-order valence-electron chi connectivity index (χ0n) is 11.3. The van der Waals surface area contributed by atoms with E-state index in [1.165, 1.54) is 16.0 Å². The molecule has 104 valence electrons. The van der Waals surface area contributed by atoms with E-state index in [9.17, 15) is 4.79 Å². The third kappa shape index (κ3) is 3.72. The zero-order valence-corrected chi connectivity index (χ0v) is 12.1. The lowest BCUT2D eigenvalue weighted by Gasteiger charge is -2.13. The molecular weight excluding hydrogens is 260 g/mol. The van der Waals surface area contributed by atoms with Gasteiger partial charge in [-0.1, -0.05) is 17.7 Å². The van der Waals surface area contributed by atoms with Gasteiger partial charge in [0.05, 0.1) is 6.10 Å². The van der Waals surface area contributed by atoms with Gasteiger partial charge in [-0.25, -0.2) is 5.84 Å². The molecule has 0 saturated carbocycles. The lowest BCUT2D eigenvalue weighted by molar-refractivity contribution is -0.131. The summed E-state index contributed by atoms with van der Waals surface area (Å²) in [7, 11) is 0. The van der Waals surface area contributed by atoms with Crippen LogP contribution in [-0.2, 0) is 9.53 Å². The highest BCUT2D eigenvalue weighted by Crippen LogP contribution is 2.29. The number of hydrogen-bond acceptors (Lipinski definition) is 4. The normalized spacial score (nSPS) is 22.5. The molecule has 0 radical (unpaired) electrons. The molecule has 1 heterocycles.